The van der Waals surface area contributed by atoms with Gasteiger partial charge >= 0.3 is 0 Å². The third kappa shape index (κ3) is 4.74. The van der Waals surface area contributed by atoms with Gasteiger partial charge in [0.2, 0.25) is 5.95 Å². The lowest BCUT2D eigenvalue weighted by molar-refractivity contribution is 0.148. The molecule has 138 valence electrons. The Hall–Kier alpha value is -2.22. The topological polar surface area (TPSA) is 44.3 Å². The fraction of sp³-hybridized carbons (Fsp3) is 0.300. The highest BCUT2D eigenvalue weighted by Gasteiger charge is 2.14. The molecule has 2 aromatic heterocycles. The average molecular weight is 377 g/mol. The number of nitrogens with one attached hydrogen (secondary N) is 1. The molecule has 3 heterocycles. The van der Waals surface area contributed by atoms with Gasteiger partial charge in [0.15, 0.2) is 7.85 Å². The number of piperazine rings is 1. The maximum absolute atomic E-state index is 4.68. The summed E-state index contributed by atoms with van der Waals surface area (Å²) in [4.78, 5) is 15.1. The third-order valence-corrected chi connectivity index (χ3v) is 5.86. The van der Waals surface area contributed by atoms with Crippen LogP contribution in [0.15, 0.2) is 48.7 Å². The van der Waals surface area contributed by atoms with E-state index in [0.717, 1.165) is 44.1 Å². The number of anilines is 2. The van der Waals surface area contributed by atoms with Gasteiger partial charge < -0.3 is 10.2 Å². The molecule has 0 unspecified atom stereocenters. The normalized spacial score (nSPS) is 15.7. The van der Waals surface area contributed by atoms with Crippen molar-refractivity contribution in [2.45, 2.75) is 6.54 Å². The zero-order valence-electron chi connectivity index (χ0n) is 15.9. The molecule has 0 radical (unpaired) electrons. The van der Waals surface area contributed by atoms with Crippen molar-refractivity contribution in [1.82, 2.24) is 19.8 Å². The maximum Gasteiger partial charge on any atom is 0.227 e. The second-order valence-corrected chi connectivity index (χ2v) is 8.37. The summed E-state index contributed by atoms with van der Waals surface area (Å²) in [6, 6.07) is 14.7. The van der Waals surface area contributed by atoms with Crippen molar-refractivity contribution in [2.24, 2.45) is 0 Å². The van der Waals surface area contributed by atoms with Crippen LogP contribution < -0.4 is 10.1 Å². The van der Waals surface area contributed by atoms with Crippen molar-refractivity contribution in [3.8, 4) is 10.6 Å². The van der Waals surface area contributed by atoms with Crippen molar-refractivity contribution in [2.75, 3.05) is 38.5 Å². The monoisotopic (exact) mass is 377 g/mol. The highest BCUT2D eigenvalue weighted by Crippen LogP contribution is 2.23. The van der Waals surface area contributed by atoms with E-state index in [9.17, 15) is 0 Å². The van der Waals surface area contributed by atoms with E-state index in [2.05, 4.69) is 76.4 Å². The molecule has 1 N–H and O–H groups in total. The smallest absolute Gasteiger partial charge is 0.227 e. The van der Waals surface area contributed by atoms with Crippen LogP contribution in [-0.2, 0) is 6.54 Å². The van der Waals surface area contributed by atoms with Crippen molar-refractivity contribution in [1.29, 1.82) is 0 Å². The summed E-state index contributed by atoms with van der Waals surface area (Å²) in [6.45, 7) is 5.51. The summed E-state index contributed by atoms with van der Waals surface area (Å²) >= 11 is 1.75. The Bertz CT molecular complexity index is 905. The highest BCUT2D eigenvalue weighted by atomic mass is 32.1. The summed E-state index contributed by atoms with van der Waals surface area (Å²) < 4.78 is 1.29. The van der Waals surface area contributed by atoms with Gasteiger partial charge in [-0.25, -0.2) is 9.97 Å². The number of hydrogen-bond donors (Lipinski definition) is 1. The molecule has 0 aliphatic carbocycles. The van der Waals surface area contributed by atoms with E-state index < -0.39 is 0 Å². The maximum atomic E-state index is 4.68. The lowest BCUT2D eigenvalue weighted by atomic mass is 10.1. The van der Waals surface area contributed by atoms with E-state index >= 15 is 0 Å². The van der Waals surface area contributed by atoms with E-state index in [-0.39, 0.29) is 0 Å². The number of thiophene rings is 1. The van der Waals surface area contributed by atoms with E-state index in [1.165, 1.54) is 15.2 Å². The fourth-order valence-electron chi connectivity index (χ4n) is 3.27. The number of hydrogen-bond acceptors (Lipinski definition) is 6. The van der Waals surface area contributed by atoms with E-state index in [1.54, 1.807) is 11.3 Å². The van der Waals surface area contributed by atoms with Crippen molar-refractivity contribution in [3.63, 3.8) is 0 Å². The van der Waals surface area contributed by atoms with Gasteiger partial charge in [0.25, 0.3) is 0 Å². The molecule has 4 rings (SSSR count). The van der Waals surface area contributed by atoms with Gasteiger partial charge in [-0.1, -0.05) is 18.2 Å². The van der Waals surface area contributed by atoms with Crippen LogP contribution in [0.4, 0.5) is 11.6 Å². The Balaban J connectivity index is 1.45. The first-order chi connectivity index (χ1) is 13.2. The van der Waals surface area contributed by atoms with E-state index in [4.69, 9.17) is 0 Å². The van der Waals surface area contributed by atoms with Gasteiger partial charge in [-0.3, -0.25) is 4.90 Å². The average Bonchev–Trinajstić information content (AvgIpc) is 3.11. The molecule has 0 atom stereocenters. The molecule has 1 fully saturated rings. The first-order valence-corrected chi connectivity index (χ1v) is 10.1. The highest BCUT2D eigenvalue weighted by molar-refractivity contribution is 7.23. The molecular weight excluding hydrogens is 353 g/mol. The number of aromatic nitrogens is 2. The molecule has 0 amide bonds. The predicted octanol–water partition coefficient (Wildman–Crippen LogP) is 1.95. The van der Waals surface area contributed by atoms with Crippen LogP contribution in [0, 0.1) is 0 Å². The minimum Gasteiger partial charge on any atom is -0.324 e. The van der Waals surface area contributed by atoms with Crippen LogP contribution in [0.25, 0.3) is 10.6 Å². The van der Waals surface area contributed by atoms with Gasteiger partial charge in [0.1, 0.15) is 0 Å². The summed E-state index contributed by atoms with van der Waals surface area (Å²) in [5.41, 5.74) is 3.30. The summed E-state index contributed by atoms with van der Waals surface area (Å²) in [7, 11) is 4.30. The van der Waals surface area contributed by atoms with Gasteiger partial charge in [-0.05, 0) is 41.7 Å². The number of rotatable bonds is 5. The number of likely N-dealkylation sites (N-methyl/N-ethyl adjacent to an activating group) is 1. The Morgan fingerprint density at radius 1 is 1.11 bits per heavy atom. The zero-order chi connectivity index (χ0) is 18.6. The third-order valence-electron chi connectivity index (χ3n) is 4.83. The fourth-order valence-corrected chi connectivity index (χ4v) is 4.11. The molecule has 1 aromatic carbocycles. The van der Waals surface area contributed by atoms with Crippen LogP contribution in [0.3, 0.4) is 0 Å². The lowest BCUT2D eigenvalue weighted by Crippen LogP contribution is -2.43. The largest absolute Gasteiger partial charge is 0.324 e. The Morgan fingerprint density at radius 3 is 2.74 bits per heavy atom. The molecule has 7 heteroatoms. The number of benzene rings is 1. The zero-order valence-corrected chi connectivity index (χ0v) is 16.7. The summed E-state index contributed by atoms with van der Waals surface area (Å²) in [5.74, 6) is 0.635. The molecule has 0 bridgehead atoms. The standard InChI is InChI=1S/C20H24BN5S/c1-25-9-11-26(12-10-25)14-15-3-2-4-16(13-15)23-20-22-8-7-17(24-20)18-5-6-19(21)27-18/h2-8,13H,9-12,14,21H2,1H3,(H,22,23,24). The van der Waals surface area contributed by atoms with Crippen molar-refractivity contribution < 1.29 is 0 Å². The van der Waals surface area contributed by atoms with Crippen LogP contribution in [0.2, 0.25) is 0 Å². The first-order valence-electron chi connectivity index (χ1n) is 9.32. The number of nitrogens with zero attached hydrogens (tertiary/aromatic N) is 4. The van der Waals surface area contributed by atoms with Gasteiger partial charge in [-0.2, -0.15) is 0 Å². The Morgan fingerprint density at radius 2 is 1.96 bits per heavy atom. The SMILES string of the molecule is Bc1ccc(-c2ccnc(Nc3cccc(CN4CCN(C)CC4)c3)n2)s1. The Kier molecular flexibility index (Phi) is 5.52. The second-order valence-electron chi connectivity index (χ2n) is 7.08. The molecular formula is C20H24BN5S. The van der Waals surface area contributed by atoms with Crippen LogP contribution in [0.1, 0.15) is 5.56 Å². The molecule has 1 aliphatic heterocycles. The molecule has 0 spiro atoms. The molecule has 5 nitrogen and oxygen atoms in total. The first kappa shape index (κ1) is 18.2. The molecule has 0 saturated carbocycles. The van der Waals surface area contributed by atoms with Crippen LogP contribution in [0.5, 0.6) is 0 Å². The molecule has 27 heavy (non-hydrogen) atoms. The van der Waals surface area contributed by atoms with Gasteiger partial charge in [0.05, 0.1) is 10.6 Å². The van der Waals surface area contributed by atoms with E-state index in [0.29, 0.717) is 5.95 Å². The van der Waals surface area contributed by atoms with Crippen LogP contribution in [-0.4, -0.2) is 60.8 Å². The molecule has 1 saturated heterocycles. The second kappa shape index (κ2) is 8.21. The summed E-state index contributed by atoms with van der Waals surface area (Å²) in [6.07, 6.45) is 1.81. The van der Waals surface area contributed by atoms with Crippen molar-refractivity contribution in [3.05, 3.63) is 54.2 Å². The van der Waals surface area contributed by atoms with Gasteiger partial charge in [0, 0.05) is 44.6 Å². The Labute approximate surface area is 165 Å². The molecule has 3 aromatic rings. The quantitative estimate of drug-likeness (QED) is 0.689. The molecule has 1 aliphatic rings. The van der Waals surface area contributed by atoms with Crippen molar-refractivity contribution >= 4 is 35.6 Å². The lowest BCUT2D eigenvalue weighted by Gasteiger charge is -2.32. The minimum absolute atomic E-state index is 0.635. The van der Waals surface area contributed by atoms with Crippen LogP contribution >= 0.6 is 11.3 Å². The predicted molar refractivity (Wildman–Crippen MR) is 116 cm³/mol. The minimum atomic E-state index is 0.635. The van der Waals surface area contributed by atoms with E-state index in [1.807, 2.05) is 12.3 Å². The summed E-state index contributed by atoms with van der Waals surface area (Å²) in [5, 5.41) is 3.36. The van der Waals surface area contributed by atoms with Gasteiger partial charge in [-0.15, -0.1) is 11.3 Å².